The molecule has 1 aromatic carbocycles. The summed E-state index contributed by atoms with van der Waals surface area (Å²) in [5.74, 6) is 0.0583. The Bertz CT molecular complexity index is 327. The van der Waals surface area contributed by atoms with Crippen molar-refractivity contribution in [3.05, 3.63) is 35.4 Å². The fourth-order valence-electron chi connectivity index (χ4n) is 1.53. The van der Waals surface area contributed by atoms with E-state index in [1.807, 2.05) is 38.1 Å². The molecule has 1 unspecified atom stereocenters. The van der Waals surface area contributed by atoms with Crippen molar-refractivity contribution in [2.24, 2.45) is 0 Å². The van der Waals surface area contributed by atoms with Crippen LogP contribution in [0.4, 0.5) is 0 Å². The zero-order chi connectivity index (χ0) is 12.0. The van der Waals surface area contributed by atoms with E-state index >= 15 is 0 Å². The van der Waals surface area contributed by atoms with Gasteiger partial charge in [0.25, 0.3) is 0 Å². The first-order chi connectivity index (χ1) is 7.63. The molecule has 0 saturated heterocycles. The second kappa shape index (κ2) is 6.44. The van der Waals surface area contributed by atoms with Crippen LogP contribution in [0.2, 0.25) is 0 Å². The van der Waals surface area contributed by atoms with Crippen molar-refractivity contribution in [2.45, 2.75) is 39.7 Å². The maximum Gasteiger partial charge on any atom is 0.188 e. The lowest BCUT2D eigenvalue weighted by Crippen LogP contribution is -2.15. The molecule has 0 amide bonds. The van der Waals surface area contributed by atoms with Crippen molar-refractivity contribution < 1.29 is 9.53 Å². The molecular weight excluding hydrogens is 200 g/mol. The maximum atomic E-state index is 11.7. The molecule has 16 heavy (non-hydrogen) atoms. The van der Waals surface area contributed by atoms with Crippen LogP contribution in [0.3, 0.4) is 0 Å². The van der Waals surface area contributed by atoms with Gasteiger partial charge in [0.15, 0.2) is 5.78 Å². The average molecular weight is 220 g/mol. The quantitative estimate of drug-likeness (QED) is 0.687. The van der Waals surface area contributed by atoms with Crippen LogP contribution in [-0.2, 0) is 4.74 Å². The molecule has 0 aliphatic rings. The van der Waals surface area contributed by atoms with Crippen LogP contribution in [-0.4, -0.2) is 18.5 Å². The summed E-state index contributed by atoms with van der Waals surface area (Å²) in [4.78, 5) is 11.7. The standard InChI is InChI=1S/C14H20O2/c1-4-5-12(3)16-10-14(15)13-8-6-11(2)7-9-13/h6-9,12H,4-5,10H2,1-3H3. The number of rotatable bonds is 6. The van der Waals surface area contributed by atoms with Gasteiger partial charge in [-0.05, 0) is 20.3 Å². The van der Waals surface area contributed by atoms with E-state index in [4.69, 9.17) is 4.74 Å². The van der Waals surface area contributed by atoms with Crippen molar-refractivity contribution in [1.82, 2.24) is 0 Å². The lowest BCUT2D eigenvalue weighted by atomic mass is 10.1. The molecule has 0 spiro atoms. The van der Waals surface area contributed by atoms with Crippen molar-refractivity contribution >= 4 is 5.78 Å². The van der Waals surface area contributed by atoms with Gasteiger partial charge in [0.05, 0.1) is 6.10 Å². The van der Waals surface area contributed by atoms with E-state index in [0.29, 0.717) is 0 Å². The summed E-state index contributed by atoms with van der Waals surface area (Å²) in [6.45, 7) is 6.31. The van der Waals surface area contributed by atoms with Gasteiger partial charge in [-0.1, -0.05) is 43.2 Å². The lowest BCUT2D eigenvalue weighted by molar-refractivity contribution is 0.0490. The summed E-state index contributed by atoms with van der Waals surface area (Å²) in [5, 5.41) is 0. The van der Waals surface area contributed by atoms with Crippen molar-refractivity contribution in [2.75, 3.05) is 6.61 Å². The minimum atomic E-state index is 0.0583. The Balaban J connectivity index is 2.43. The Hall–Kier alpha value is -1.15. The molecule has 0 aliphatic heterocycles. The third-order valence-electron chi connectivity index (χ3n) is 2.57. The maximum absolute atomic E-state index is 11.7. The second-order valence-electron chi connectivity index (χ2n) is 4.20. The van der Waals surface area contributed by atoms with E-state index in [0.717, 1.165) is 24.0 Å². The van der Waals surface area contributed by atoms with Gasteiger partial charge >= 0.3 is 0 Å². The Kier molecular flexibility index (Phi) is 5.20. The smallest absolute Gasteiger partial charge is 0.188 e. The molecule has 0 aromatic heterocycles. The first-order valence-corrected chi connectivity index (χ1v) is 5.85. The molecule has 2 nitrogen and oxygen atoms in total. The second-order valence-corrected chi connectivity index (χ2v) is 4.20. The summed E-state index contributed by atoms with van der Waals surface area (Å²) in [6.07, 6.45) is 2.25. The van der Waals surface area contributed by atoms with E-state index in [9.17, 15) is 4.79 Å². The number of aryl methyl sites for hydroxylation is 1. The molecule has 0 saturated carbocycles. The van der Waals surface area contributed by atoms with Crippen molar-refractivity contribution in [3.8, 4) is 0 Å². The molecule has 0 bridgehead atoms. The first kappa shape index (κ1) is 12.9. The van der Waals surface area contributed by atoms with E-state index in [1.165, 1.54) is 0 Å². The zero-order valence-corrected chi connectivity index (χ0v) is 10.3. The van der Waals surface area contributed by atoms with Gasteiger partial charge in [0.2, 0.25) is 0 Å². The van der Waals surface area contributed by atoms with Gasteiger partial charge in [-0.15, -0.1) is 0 Å². The molecule has 1 atom stereocenters. The fourth-order valence-corrected chi connectivity index (χ4v) is 1.53. The highest BCUT2D eigenvalue weighted by molar-refractivity contribution is 5.97. The number of hydrogen-bond donors (Lipinski definition) is 0. The fraction of sp³-hybridized carbons (Fsp3) is 0.500. The van der Waals surface area contributed by atoms with Crippen LogP contribution < -0.4 is 0 Å². The van der Waals surface area contributed by atoms with Gasteiger partial charge in [0.1, 0.15) is 6.61 Å². The highest BCUT2D eigenvalue weighted by Gasteiger charge is 2.08. The zero-order valence-electron chi connectivity index (χ0n) is 10.3. The topological polar surface area (TPSA) is 26.3 Å². The van der Waals surface area contributed by atoms with E-state index in [1.54, 1.807) is 0 Å². The molecule has 0 heterocycles. The molecular formula is C14H20O2. The third-order valence-corrected chi connectivity index (χ3v) is 2.57. The third kappa shape index (κ3) is 4.15. The van der Waals surface area contributed by atoms with Gasteiger partial charge in [-0.3, -0.25) is 4.79 Å². The number of hydrogen-bond acceptors (Lipinski definition) is 2. The molecule has 0 aliphatic carbocycles. The van der Waals surface area contributed by atoms with E-state index in [2.05, 4.69) is 6.92 Å². The van der Waals surface area contributed by atoms with Gasteiger partial charge in [-0.25, -0.2) is 0 Å². The highest BCUT2D eigenvalue weighted by atomic mass is 16.5. The Morgan fingerprint density at radius 3 is 2.50 bits per heavy atom. The number of Topliss-reactive ketones (excluding diaryl/α,β-unsaturated/α-hetero) is 1. The van der Waals surface area contributed by atoms with Crippen LogP contribution >= 0.6 is 0 Å². The largest absolute Gasteiger partial charge is 0.370 e. The van der Waals surface area contributed by atoms with Gasteiger partial charge in [-0.2, -0.15) is 0 Å². The van der Waals surface area contributed by atoms with Gasteiger partial charge in [0, 0.05) is 5.56 Å². The Morgan fingerprint density at radius 2 is 1.94 bits per heavy atom. The predicted octanol–water partition coefficient (Wildman–Crippen LogP) is 3.38. The van der Waals surface area contributed by atoms with Crippen LogP contribution in [0.5, 0.6) is 0 Å². The van der Waals surface area contributed by atoms with Crippen LogP contribution in [0, 0.1) is 6.92 Å². The number of carbonyl (C=O) groups excluding carboxylic acids is 1. The number of benzene rings is 1. The SMILES string of the molecule is CCCC(C)OCC(=O)c1ccc(C)cc1. The lowest BCUT2D eigenvalue weighted by Gasteiger charge is -2.11. The van der Waals surface area contributed by atoms with Gasteiger partial charge < -0.3 is 4.74 Å². The molecule has 88 valence electrons. The molecule has 0 fully saturated rings. The Labute approximate surface area is 97.6 Å². The summed E-state index contributed by atoms with van der Waals surface area (Å²) in [7, 11) is 0. The number of ketones is 1. The van der Waals surface area contributed by atoms with Crippen LogP contribution in [0.25, 0.3) is 0 Å². The van der Waals surface area contributed by atoms with Crippen molar-refractivity contribution in [1.29, 1.82) is 0 Å². The number of carbonyl (C=O) groups is 1. The molecule has 1 aromatic rings. The predicted molar refractivity (Wildman–Crippen MR) is 65.8 cm³/mol. The molecule has 1 rings (SSSR count). The van der Waals surface area contributed by atoms with Crippen molar-refractivity contribution in [3.63, 3.8) is 0 Å². The summed E-state index contributed by atoms with van der Waals surface area (Å²) in [5.41, 5.74) is 1.89. The van der Waals surface area contributed by atoms with E-state index < -0.39 is 0 Å². The van der Waals surface area contributed by atoms with Crippen LogP contribution in [0.15, 0.2) is 24.3 Å². The minimum Gasteiger partial charge on any atom is -0.370 e. The molecule has 0 N–H and O–H groups in total. The summed E-state index contributed by atoms with van der Waals surface area (Å²) in [6, 6.07) is 7.60. The highest BCUT2D eigenvalue weighted by Crippen LogP contribution is 2.06. The minimum absolute atomic E-state index is 0.0583. The van der Waals surface area contributed by atoms with E-state index in [-0.39, 0.29) is 18.5 Å². The molecule has 2 heteroatoms. The Morgan fingerprint density at radius 1 is 1.31 bits per heavy atom. The number of ether oxygens (including phenoxy) is 1. The first-order valence-electron chi connectivity index (χ1n) is 5.85. The summed E-state index contributed by atoms with van der Waals surface area (Å²) < 4.78 is 5.48. The molecule has 0 radical (unpaired) electrons. The summed E-state index contributed by atoms with van der Waals surface area (Å²) >= 11 is 0. The monoisotopic (exact) mass is 220 g/mol. The average Bonchev–Trinajstić information content (AvgIpc) is 2.27. The van der Waals surface area contributed by atoms with Crippen LogP contribution in [0.1, 0.15) is 42.6 Å². The normalized spacial score (nSPS) is 12.4.